The molecule has 0 aliphatic heterocycles. The van der Waals surface area contributed by atoms with Gasteiger partial charge in [-0.3, -0.25) is 0 Å². The van der Waals surface area contributed by atoms with Crippen molar-refractivity contribution in [1.29, 1.82) is 0 Å². The van der Waals surface area contributed by atoms with Crippen molar-refractivity contribution in [1.82, 2.24) is 4.98 Å². The average molecular weight is 282 g/mol. The van der Waals surface area contributed by atoms with E-state index in [-0.39, 0.29) is 5.92 Å². The van der Waals surface area contributed by atoms with Gasteiger partial charge in [0, 0.05) is 17.7 Å². The fraction of sp³-hybridized carbons (Fsp3) is 0.235. The van der Waals surface area contributed by atoms with Gasteiger partial charge in [0.1, 0.15) is 17.9 Å². The molecule has 4 nitrogen and oxygen atoms in total. The number of benzene rings is 2. The maximum absolute atomic E-state index is 5.79. The summed E-state index contributed by atoms with van der Waals surface area (Å²) in [5.41, 5.74) is 9.11. The molecule has 0 spiro atoms. The molecule has 1 aromatic heterocycles. The van der Waals surface area contributed by atoms with Gasteiger partial charge in [-0.1, -0.05) is 26.0 Å². The fourth-order valence-electron chi connectivity index (χ4n) is 2.04. The summed E-state index contributed by atoms with van der Waals surface area (Å²) in [4.78, 5) is 4.48. The van der Waals surface area contributed by atoms with Crippen LogP contribution in [0, 0.1) is 0 Å². The number of hydrogen-bond acceptors (Lipinski definition) is 4. The minimum Gasteiger partial charge on any atom is -0.489 e. The van der Waals surface area contributed by atoms with E-state index in [9.17, 15) is 0 Å². The third-order valence-corrected chi connectivity index (χ3v) is 3.25. The van der Waals surface area contributed by atoms with Crippen LogP contribution in [-0.4, -0.2) is 4.98 Å². The van der Waals surface area contributed by atoms with Crippen LogP contribution in [-0.2, 0) is 6.61 Å². The lowest BCUT2D eigenvalue weighted by Crippen LogP contribution is -1.95. The Kier molecular flexibility index (Phi) is 3.52. The number of ether oxygens (including phenoxy) is 1. The van der Waals surface area contributed by atoms with E-state index < -0.39 is 0 Å². The molecule has 0 radical (unpaired) electrons. The van der Waals surface area contributed by atoms with E-state index in [1.54, 1.807) is 0 Å². The Morgan fingerprint density at radius 1 is 1.14 bits per heavy atom. The highest BCUT2D eigenvalue weighted by molar-refractivity contribution is 5.74. The molecule has 3 aromatic rings. The van der Waals surface area contributed by atoms with Crippen molar-refractivity contribution >= 4 is 16.8 Å². The minimum atomic E-state index is 0.275. The number of hydrogen-bond donors (Lipinski definition) is 1. The molecule has 2 N–H and O–H groups in total. The molecule has 0 amide bonds. The van der Waals surface area contributed by atoms with Gasteiger partial charge in [0.2, 0.25) is 0 Å². The molecule has 0 atom stereocenters. The number of fused-ring (bicyclic) bond motifs is 1. The van der Waals surface area contributed by atoms with Crippen molar-refractivity contribution in [2.75, 3.05) is 5.73 Å². The highest BCUT2D eigenvalue weighted by atomic mass is 16.5. The Morgan fingerprint density at radius 2 is 1.90 bits per heavy atom. The van der Waals surface area contributed by atoms with Gasteiger partial charge in [0.15, 0.2) is 11.5 Å². The van der Waals surface area contributed by atoms with Gasteiger partial charge < -0.3 is 14.9 Å². The minimum absolute atomic E-state index is 0.275. The summed E-state index contributed by atoms with van der Waals surface area (Å²) in [7, 11) is 0. The number of nitrogens with two attached hydrogens (primary N) is 1. The molecule has 3 rings (SSSR count). The standard InChI is InChI=1S/C17H18N2O2/c1-11(2)17-19-15-9-14(7-8-16(15)21-17)20-10-12-3-5-13(18)6-4-12/h3-9,11H,10,18H2,1-2H3. The molecule has 4 heteroatoms. The maximum Gasteiger partial charge on any atom is 0.198 e. The molecular weight excluding hydrogens is 264 g/mol. The Bertz CT molecular complexity index is 745. The summed E-state index contributed by atoms with van der Waals surface area (Å²) in [5, 5.41) is 0. The first-order valence-electron chi connectivity index (χ1n) is 6.99. The number of aromatic nitrogens is 1. The second kappa shape index (κ2) is 5.48. The van der Waals surface area contributed by atoms with Gasteiger partial charge in [-0.25, -0.2) is 4.98 Å². The zero-order valence-corrected chi connectivity index (χ0v) is 12.2. The zero-order chi connectivity index (χ0) is 14.8. The molecule has 0 fully saturated rings. The van der Waals surface area contributed by atoms with E-state index >= 15 is 0 Å². The average Bonchev–Trinajstić information content (AvgIpc) is 2.90. The third-order valence-electron chi connectivity index (χ3n) is 3.25. The summed E-state index contributed by atoms with van der Waals surface area (Å²) in [6, 6.07) is 13.4. The van der Waals surface area contributed by atoms with Gasteiger partial charge in [-0.05, 0) is 29.8 Å². The number of nitrogen functional groups attached to an aromatic ring is 1. The van der Waals surface area contributed by atoms with Crippen LogP contribution in [0.5, 0.6) is 5.75 Å². The molecule has 0 saturated carbocycles. The highest BCUT2D eigenvalue weighted by Crippen LogP contribution is 2.25. The van der Waals surface area contributed by atoms with Crippen LogP contribution in [0.15, 0.2) is 46.9 Å². The number of nitrogens with zero attached hydrogens (tertiary/aromatic N) is 1. The van der Waals surface area contributed by atoms with Crippen LogP contribution in [0.3, 0.4) is 0 Å². The van der Waals surface area contributed by atoms with Gasteiger partial charge in [-0.15, -0.1) is 0 Å². The first-order chi connectivity index (χ1) is 10.1. The van der Waals surface area contributed by atoms with E-state index in [0.717, 1.165) is 34.0 Å². The Hall–Kier alpha value is -2.49. The largest absolute Gasteiger partial charge is 0.489 e. The predicted octanol–water partition coefficient (Wildman–Crippen LogP) is 4.11. The number of rotatable bonds is 4. The first kappa shape index (κ1) is 13.5. The van der Waals surface area contributed by atoms with E-state index in [2.05, 4.69) is 18.8 Å². The Balaban J connectivity index is 1.76. The van der Waals surface area contributed by atoms with E-state index in [4.69, 9.17) is 14.9 Å². The van der Waals surface area contributed by atoms with E-state index in [0.29, 0.717) is 6.61 Å². The van der Waals surface area contributed by atoms with Crippen molar-refractivity contribution in [3.8, 4) is 5.75 Å². The van der Waals surface area contributed by atoms with Crippen LogP contribution in [0.4, 0.5) is 5.69 Å². The Morgan fingerprint density at radius 3 is 2.62 bits per heavy atom. The van der Waals surface area contributed by atoms with Gasteiger partial charge in [0.25, 0.3) is 0 Å². The van der Waals surface area contributed by atoms with E-state index in [1.807, 2.05) is 42.5 Å². The van der Waals surface area contributed by atoms with Crippen molar-refractivity contribution < 1.29 is 9.15 Å². The monoisotopic (exact) mass is 282 g/mol. The molecule has 108 valence electrons. The van der Waals surface area contributed by atoms with Crippen LogP contribution >= 0.6 is 0 Å². The van der Waals surface area contributed by atoms with E-state index in [1.165, 1.54) is 0 Å². The smallest absolute Gasteiger partial charge is 0.198 e. The van der Waals surface area contributed by atoms with Crippen LogP contribution in [0.25, 0.3) is 11.1 Å². The molecule has 0 aliphatic carbocycles. The Labute approximate surface area is 123 Å². The third kappa shape index (κ3) is 2.99. The van der Waals surface area contributed by atoms with Crippen molar-refractivity contribution in [2.45, 2.75) is 26.4 Å². The number of oxazole rings is 1. The molecule has 0 saturated heterocycles. The summed E-state index contributed by atoms with van der Waals surface area (Å²) in [6.45, 7) is 4.62. The lowest BCUT2D eigenvalue weighted by atomic mass is 10.2. The molecule has 2 aromatic carbocycles. The van der Waals surface area contributed by atoms with Crippen LogP contribution < -0.4 is 10.5 Å². The molecular formula is C17H18N2O2. The zero-order valence-electron chi connectivity index (χ0n) is 12.2. The fourth-order valence-corrected chi connectivity index (χ4v) is 2.04. The SMILES string of the molecule is CC(C)c1nc2cc(OCc3ccc(N)cc3)ccc2o1. The molecule has 0 unspecified atom stereocenters. The second-order valence-corrected chi connectivity index (χ2v) is 5.37. The quantitative estimate of drug-likeness (QED) is 0.731. The van der Waals surface area contributed by atoms with Crippen LogP contribution in [0.1, 0.15) is 31.2 Å². The summed E-state index contributed by atoms with van der Waals surface area (Å²) >= 11 is 0. The van der Waals surface area contributed by atoms with Crippen molar-refractivity contribution in [2.24, 2.45) is 0 Å². The van der Waals surface area contributed by atoms with Crippen molar-refractivity contribution in [3.63, 3.8) is 0 Å². The molecule has 0 aliphatic rings. The van der Waals surface area contributed by atoms with Gasteiger partial charge in [0.05, 0.1) is 0 Å². The molecule has 1 heterocycles. The molecule has 0 bridgehead atoms. The van der Waals surface area contributed by atoms with Crippen LogP contribution in [0.2, 0.25) is 0 Å². The maximum atomic E-state index is 5.79. The highest BCUT2D eigenvalue weighted by Gasteiger charge is 2.10. The predicted molar refractivity (Wildman–Crippen MR) is 83.3 cm³/mol. The molecule has 21 heavy (non-hydrogen) atoms. The normalized spacial score (nSPS) is 11.2. The van der Waals surface area contributed by atoms with Crippen molar-refractivity contribution in [3.05, 3.63) is 53.9 Å². The summed E-state index contributed by atoms with van der Waals surface area (Å²) in [6.07, 6.45) is 0. The topological polar surface area (TPSA) is 61.3 Å². The second-order valence-electron chi connectivity index (χ2n) is 5.37. The first-order valence-corrected chi connectivity index (χ1v) is 6.99. The summed E-state index contributed by atoms with van der Waals surface area (Å²) in [5.74, 6) is 1.81. The lowest BCUT2D eigenvalue weighted by Gasteiger charge is -2.06. The van der Waals surface area contributed by atoms with Gasteiger partial charge >= 0.3 is 0 Å². The number of anilines is 1. The lowest BCUT2D eigenvalue weighted by molar-refractivity contribution is 0.306. The summed E-state index contributed by atoms with van der Waals surface area (Å²) < 4.78 is 11.5. The van der Waals surface area contributed by atoms with Gasteiger partial charge in [-0.2, -0.15) is 0 Å².